The molecule has 0 bridgehead atoms. The van der Waals surface area contributed by atoms with Crippen LogP contribution in [0.25, 0.3) is 0 Å². The van der Waals surface area contributed by atoms with E-state index >= 15 is 0 Å². The first-order valence-electron chi connectivity index (χ1n) is 17.6. The molecule has 0 N–H and O–H groups in total. The predicted octanol–water partition coefficient (Wildman–Crippen LogP) is 11.7. The van der Waals surface area contributed by atoms with Crippen LogP contribution in [-0.2, 0) is 20.7 Å². The van der Waals surface area contributed by atoms with E-state index < -0.39 is 11.2 Å². The SMILES string of the molecule is c1ccc(C(CCSSCCC(OC2CCCCC2)(c2ccccc2)c2ccccc2)(OC2CCCCC2)c2ccccc2)cc1. The Morgan fingerprint density at radius 3 is 0.978 bits per heavy atom. The van der Waals surface area contributed by atoms with E-state index in [2.05, 4.69) is 121 Å². The quantitative estimate of drug-likeness (QED) is 0.0941. The van der Waals surface area contributed by atoms with E-state index in [0.717, 1.165) is 50.0 Å². The summed E-state index contributed by atoms with van der Waals surface area (Å²) in [5.74, 6) is 2.02. The summed E-state index contributed by atoms with van der Waals surface area (Å²) in [5.41, 5.74) is 4.19. The average Bonchev–Trinajstić information content (AvgIpc) is 3.14. The van der Waals surface area contributed by atoms with E-state index in [1.807, 2.05) is 21.6 Å². The van der Waals surface area contributed by atoms with Gasteiger partial charge in [-0.25, -0.2) is 0 Å². The molecule has 0 atom stereocenters. The molecule has 0 heterocycles. The Morgan fingerprint density at radius 1 is 0.413 bits per heavy atom. The van der Waals surface area contributed by atoms with E-state index in [-0.39, 0.29) is 0 Å². The van der Waals surface area contributed by atoms with Gasteiger partial charge in [0.05, 0.1) is 12.2 Å². The first-order chi connectivity index (χ1) is 22.8. The zero-order chi connectivity index (χ0) is 31.3. The van der Waals surface area contributed by atoms with Crippen LogP contribution >= 0.6 is 21.6 Å². The van der Waals surface area contributed by atoms with Crippen molar-refractivity contribution in [3.63, 3.8) is 0 Å². The Bertz CT molecular complexity index is 1210. The highest BCUT2D eigenvalue weighted by atomic mass is 33.1. The number of hydrogen-bond donors (Lipinski definition) is 0. The van der Waals surface area contributed by atoms with Crippen LogP contribution in [-0.4, -0.2) is 23.7 Å². The molecule has 0 unspecified atom stereocenters. The van der Waals surface area contributed by atoms with Crippen molar-refractivity contribution >= 4 is 21.6 Å². The molecular weight excluding hydrogens is 601 g/mol. The lowest BCUT2D eigenvalue weighted by Crippen LogP contribution is -2.37. The van der Waals surface area contributed by atoms with Gasteiger partial charge in [0, 0.05) is 11.5 Å². The molecule has 2 aliphatic rings. The summed E-state index contributed by atoms with van der Waals surface area (Å²) in [7, 11) is 3.98. The molecule has 0 radical (unpaired) electrons. The van der Waals surface area contributed by atoms with Gasteiger partial charge < -0.3 is 9.47 Å². The van der Waals surface area contributed by atoms with E-state index in [1.54, 1.807) is 0 Å². The van der Waals surface area contributed by atoms with Gasteiger partial charge in [-0.2, -0.15) is 0 Å². The lowest BCUT2D eigenvalue weighted by atomic mass is 9.83. The Labute approximate surface area is 285 Å². The second-order valence-corrected chi connectivity index (χ2v) is 15.7. The molecule has 2 aliphatic carbocycles. The minimum absolute atomic E-state index is 0.307. The summed E-state index contributed by atoms with van der Waals surface area (Å²) in [6, 6.07) is 43.9. The summed E-state index contributed by atoms with van der Waals surface area (Å²) in [6.07, 6.45) is 14.8. The second-order valence-electron chi connectivity index (χ2n) is 13.0. The van der Waals surface area contributed by atoms with Gasteiger partial charge >= 0.3 is 0 Å². The van der Waals surface area contributed by atoms with E-state index in [1.165, 1.54) is 60.8 Å². The van der Waals surface area contributed by atoms with Crippen LogP contribution in [0.2, 0.25) is 0 Å². The fraction of sp³-hybridized carbons (Fsp3) is 0.429. The molecular formula is C42H50O2S2. The fourth-order valence-corrected chi connectivity index (χ4v) is 9.74. The van der Waals surface area contributed by atoms with Gasteiger partial charge in [-0.1, -0.05) is 181 Å². The summed E-state index contributed by atoms with van der Waals surface area (Å²) in [5, 5.41) is 0. The third kappa shape index (κ3) is 8.31. The van der Waals surface area contributed by atoms with Crippen LogP contribution in [0.15, 0.2) is 121 Å². The monoisotopic (exact) mass is 650 g/mol. The lowest BCUT2D eigenvalue weighted by Gasteiger charge is -2.40. The van der Waals surface area contributed by atoms with E-state index in [9.17, 15) is 0 Å². The maximum absolute atomic E-state index is 7.27. The minimum Gasteiger partial charge on any atom is -0.362 e. The topological polar surface area (TPSA) is 18.5 Å². The Morgan fingerprint density at radius 2 is 0.696 bits per heavy atom. The molecule has 2 fully saturated rings. The van der Waals surface area contributed by atoms with E-state index in [4.69, 9.17) is 9.47 Å². The third-order valence-electron chi connectivity index (χ3n) is 9.96. The minimum atomic E-state index is -0.444. The highest BCUT2D eigenvalue weighted by molar-refractivity contribution is 8.76. The first kappa shape index (κ1) is 33.4. The average molecular weight is 651 g/mol. The van der Waals surface area contributed by atoms with Gasteiger partial charge in [-0.15, -0.1) is 0 Å². The molecule has 0 amide bonds. The molecule has 0 saturated heterocycles. The Kier molecular flexibility index (Phi) is 12.4. The Hall–Kier alpha value is -2.50. The van der Waals surface area contributed by atoms with Gasteiger partial charge in [0.2, 0.25) is 0 Å². The van der Waals surface area contributed by atoms with Gasteiger partial charge in [0.15, 0.2) is 0 Å². The van der Waals surface area contributed by atoms with Crippen molar-refractivity contribution < 1.29 is 9.47 Å². The Balaban J connectivity index is 1.19. The molecule has 4 aromatic rings. The molecule has 46 heavy (non-hydrogen) atoms. The summed E-state index contributed by atoms with van der Waals surface area (Å²) >= 11 is 0. The highest BCUT2D eigenvalue weighted by Gasteiger charge is 2.39. The molecule has 6 rings (SSSR count). The van der Waals surface area contributed by atoms with Gasteiger partial charge in [-0.05, 0) is 60.8 Å². The summed E-state index contributed by atoms with van der Waals surface area (Å²) in [4.78, 5) is 0. The number of ether oxygens (including phenoxy) is 2. The van der Waals surface area contributed by atoms with Crippen LogP contribution in [0.3, 0.4) is 0 Å². The number of rotatable bonds is 15. The van der Waals surface area contributed by atoms with Crippen LogP contribution in [0.4, 0.5) is 0 Å². The van der Waals surface area contributed by atoms with Crippen LogP contribution in [0.5, 0.6) is 0 Å². The maximum Gasteiger partial charge on any atom is 0.119 e. The van der Waals surface area contributed by atoms with Crippen molar-refractivity contribution in [2.24, 2.45) is 0 Å². The molecule has 0 aromatic heterocycles. The molecule has 4 heteroatoms. The van der Waals surface area contributed by atoms with Crippen LogP contribution in [0, 0.1) is 0 Å². The summed E-state index contributed by atoms with van der Waals surface area (Å²) < 4.78 is 14.5. The smallest absolute Gasteiger partial charge is 0.119 e. The van der Waals surface area contributed by atoms with Gasteiger partial charge in [-0.3, -0.25) is 0 Å². The van der Waals surface area contributed by atoms with Crippen LogP contribution < -0.4 is 0 Å². The predicted molar refractivity (Wildman–Crippen MR) is 197 cm³/mol. The normalized spacial score (nSPS) is 16.8. The van der Waals surface area contributed by atoms with Crippen molar-refractivity contribution in [3.05, 3.63) is 144 Å². The zero-order valence-corrected chi connectivity index (χ0v) is 28.9. The highest BCUT2D eigenvalue weighted by Crippen LogP contribution is 2.45. The second kappa shape index (κ2) is 17.1. The third-order valence-corrected chi connectivity index (χ3v) is 12.4. The van der Waals surface area contributed by atoms with Crippen molar-refractivity contribution in [1.29, 1.82) is 0 Å². The van der Waals surface area contributed by atoms with Crippen molar-refractivity contribution in [1.82, 2.24) is 0 Å². The number of hydrogen-bond acceptors (Lipinski definition) is 4. The molecule has 0 spiro atoms. The standard InChI is InChI=1S/C42H50O2S2/c1-7-19-35(20-8-1)41(36-21-9-2-10-22-36,43-39-27-15-5-16-28-39)31-33-45-46-34-32-42(37-23-11-3-12-24-37,38-25-13-4-14-26-38)44-40-29-17-6-18-30-40/h1-4,7-14,19-26,39-40H,5-6,15-18,27-34H2. The van der Waals surface area contributed by atoms with Crippen LogP contribution in [0.1, 0.15) is 99.3 Å². The zero-order valence-electron chi connectivity index (χ0n) is 27.2. The molecule has 2 saturated carbocycles. The molecule has 4 aromatic carbocycles. The fourth-order valence-electron chi connectivity index (χ4n) is 7.55. The first-order valence-corrected chi connectivity index (χ1v) is 20.1. The van der Waals surface area contributed by atoms with Crippen molar-refractivity contribution in [2.45, 2.75) is 100 Å². The van der Waals surface area contributed by atoms with Crippen molar-refractivity contribution in [3.8, 4) is 0 Å². The lowest BCUT2D eigenvalue weighted by molar-refractivity contribution is -0.0878. The summed E-state index contributed by atoms with van der Waals surface area (Å²) in [6.45, 7) is 0. The maximum atomic E-state index is 7.27. The molecule has 2 nitrogen and oxygen atoms in total. The van der Waals surface area contributed by atoms with Gasteiger partial charge in [0.1, 0.15) is 11.2 Å². The molecule has 0 aliphatic heterocycles. The van der Waals surface area contributed by atoms with E-state index in [0.29, 0.717) is 12.2 Å². The van der Waals surface area contributed by atoms with Gasteiger partial charge in [0.25, 0.3) is 0 Å². The van der Waals surface area contributed by atoms with Crippen molar-refractivity contribution in [2.75, 3.05) is 11.5 Å². The largest absolute Gasteiger partial charge is 0.362 e. The molecule has 242 valence electrons. The number of benzene rings is 4.